The molecule has 8 nitrogen and oxygen atoms in total. The fourth-order valence-corrected chi connectivity index (χ4v) is 4.30. The Bertz CT molecular complexity index is 1040. The Hall–Kier alpha value is -3.14. The summed E-state index contributed by atoms with van der Waals surface area (Å²) in [4.78, 5) is 26.6. The number of nitrogens with one attached hydrogen (secondary N) is 1. The van der Waals surface area contributed by atoms with Crippen molar-refractivity contribution in [3.8, 4) is 5.75 Å². The number of carbonyl (C=O) groups excluding carboxylic acids is 2. The Labute approximate surface area is 194 Å². The average molecular weight is 480 g/mol. The summed E-state index contributed by atoms with van der Waals surface area (Å²) in [6.45, 7) is 1.83. The van der Waals surface area contributed by atoms with Gasteiger partial charge >= 0.3 is 0 Å². The minimum absolute atomic E-state index is 0.0324. The molecule has 0 aliphatic rings. The molecule has 0 saturated carbocycles. The van der Waals surface area contributed by atoms with Crippen LogP contribution < -0.4 is 14.4 Å². The second kappa shape index (κ2) is 11.6. The molecule has 0 aromatic heterocycles. The van der Waals surface area contributed by atoms with E-state index in [1.54, 1.807) is 43.3 Å². The van der Waals surface area contributed by atoms with Gasteiger partial charge in [0.15, 0.2) is 0 Å². The van der Waals surface area contributed by atoms with Crippen LogP contribution in [-0.2, 0) is 26.2 Å². The van der Waals surface area contributed by atoms with Crippen molar-refractivity contribution in [2.45, 2.75) is 32.4 Å². The number of benzene rings is 2. The summed E-state index contributed by atoms with van der Waals surface area (Å²) >= 11 is 0. The molecule has 0 radical (unpaired) electrons. The first-order valence-electron chi connectivity index (χ1n) is 10.4. The Morgan fingerprint density at radius 3 is 2.21 bits per heavy atom. The van der Waals surface area contributed by atoms with Crippen LogP contribution in [0.4, 0.5) is 10.1 Å². The Balaban J connectivity index is 2.12. The highest BCUT2D eigenvalue weighted by atomic mass is 32.2. The fraction of sp³-hybridized carbons (Fsp3) is 0.391. The van der Waals surface area contributed by atoms with Crippen molar-refractivity contribution in [1.29, 1.82) is 0 Å². The van der Waals surface area contributed by atoms with E-state index in [0.29, 0.717) is 17.0 Å². The van der Waals surface area contributed by atoms with E-state index in [4.69, 9.17) is 4.74 Å². The summed E-state index contributed by atoms with van der Waals surface area (Å²) in [5.74, 6) is -0.433. The molecule has 2 aromatic rings. The normalized spacial score (nSPS) is 12.0. The topological polar surface area (TPSA) is 96.0 Å². The van der Waals surface area contributed by atoms with Gasteiger partial charge in [-0.1, -0.05) is 12.1 Å². The predicted octanol–water partition coefficient (Wildman–Crippen LogP) is 2.54. The lowest BCUT2D eigenvalue weighted by atomic mass is 10.1. The molecule has 0 heterocycles. The van der Waals surface area contributed by atoms with Gasteiger partial charge < -0.3 is 15.0 Å². The summed E-state index contributed by atoms with van der Waals surface area (Å²) in [5, 5.41) is 2.53. The van der Waals surface area contributed by atoms with Crippen LogP contribution in [0.5, 0.6) is 5.75 Å². The lowest BCUT2D eigenvalue weighted by molar-refractivity contribution is -0.140. The van der Waals surface area contributed by atoms with Gasteiger partial charge in [0.05, 0.1) is 19.1 Å². The van der Waals surface area contributed by atoms with Gasteiger partial charge in [-0.05, 0) is 55.3 Å². The highest BCUT2D eigenvalue weighted by molar-refractivity contribution is 7.92. The van der Waals surface area contributed by atoms with E-state index in [-0.39, 0.29) is 37.7 Å². The third-order valence-corrected chi connectivity index (χ3v) is 6.39. The first-order valence-corrected chi connectivity index (χ1v) is 12.3. The lowest BCUT2D eigenvalue weighted by Crippen LogP contribution is -2.46. The van der Waals surface area contributed by atoms with Gasteiger partial charge in [-0.3, -0.25) is 13.9 Å². The number of nitrogens with zero attached hydrogens (tertiary/aromatic N) is 2. The largest absolute Gasteiger partial charge is 0.497 e. The zero-order valence-corrected chi connectivity index (χ0v) is 20.1. The molecule has 0 saturated heterocycles. The van der Waals surface area contributed by atoms with Gasteiger partial charge in [-0.25, -0.2) is 12.8 Å². The first kappa shape index (κ1) is 26.1. The minimum Gasteiger partial charge on any atom is -0.497 e. The maximum absolute atomic E-state index is 13.2. The third-order valence-electron chi connectivity index (χ3n) is 5.19. The maximum atomic E-state index is 13.2. The van der Waals surface area contributed by atoms with E-state index in [1.165, 1.54) is 35.5 Å². The van der Waals surface area contributed by atoms with E-state index in [9.17, 15) is 22.4 Å². The number of halogens is 1. The molecule has 0 aliphatic carbocycles. The highest BCUT2D eigenvalue weighted by Crippen LogP contribution is 2.22. The van der Waals surface area contributed by atoms with Crippen molar-refractivity contribution in [1.82, 2.24) is 10.2 Å². The maximum Gasteiger partial charge on any atom is 0.242 e. The number of hydrogen-bond donors (Lipinski definition) is 1. The number of sulfonamides is 1. The quantitative estimate of drug-likeness (QED) is 0.534. The first-order chi connectivity index (χ1) is 15.6. The summed E-state index contributed by atoms with van der Waals surface area (Å²) in [7, 11) is -0.569. The Morgan fingerprint density at radius 2 is 1.70 bits per heavy atom. The molecule has 180 valence electrons. The fourth-order valence-electron chi connectivity index (χ4n) is 3.33. The molecule has 0 fully saturated rings. The van der Waals surface area contributed by atoms with E-state index in [2.05, 4.69) is 5.32 Å². The van der Waals surface area contributed by atoms with Crippen LogP contribution in [0.15, 0.2) is 48.5 Å². The highest BCUT2D eigenvalue weighted by Gasteiger charge is 2.26. The number of carbonyl (C=O) groups is 2. The van der Waals surface area contributed by atoms with E-state index in [1.807, 2.05) is 0 Å². The monoisotopic (exact) mass is 479 g/mol. The number of hydrogen-bond acceptors (Lipinski definition) is 5. The molecule has 0 aliphatic heterocycles. The number of rotatable bonds is 11. The Kier molecular flexibility index (Phi) is 9.22. The lowest BCUT2D eigenvalue weighted by Gasteiger charge is -2.29. The van der Waals surface area contributed by atoms with Crippen molar-refractivity contribution < 1.29 is 27.1 Å². The van der Waals surface area contributed by atoms with Gasteiger partial charge in [0.25, 0.3) is 0 Å². The van der Waals surface area contributed by atoms with Crippen LogP contribution in [-0.4, -0.2) is 58.1 Å². The molecule has 1 N–H and O–H groups in total. The van der Waals surface area contributed by atoms with Gasteiger partial charge in [0, 0.05) is 26.6 Å². The standard InChI is InChI=1S/C23H30FN3O5S/c1-17(23(29)25-2)26(16-18-7-9-19(24)10-8-18)22(28)6-5-15-27(33(4,30)31)20-11-13-21(32-3)14-12-20/h7-14,17H,5-6,15-16H2,1-4H3,(H,25,29)/t17-/m1/s1. The molecule has 10 heteroatoms. The SMILES string of the molecule is CNC(=O)[C@@H](C)N(Cc1ccc(F)cc1)C(=O)CCCN(c1ccc(OC)cc1)S(C)(=O)=O. The number of likely N-dealkylation sites (N-methyl/N-ethyl adjacent to an activating group) is 1. The smallest absolute Gasteiger partial charge is 0.242 e. The van der Waals surface area contributed by atoms with E-state index >= 15 is 0 Å². The van der Waals surface area contributed by atoms with E-state index in [0.717, 1.165) is 6.26 Å². The van der Waals surface area contributed by atoms with E-state index < -0.39 is 21.9 Å². The summed E-state index contributed by atoms with van der Waals surface area (Å²) < 4.78 is 44.2. The van der Waals surface area contributed by atoms with Gasteiger partial charge in [0.1, 0.15) is 17.6 Å². The summed E-state index contributed by atoms with van der Waals surface area (Å²) in [6.07, 6.45) is 1.39. The Morgan fingerprint density at radius 1 is 1.09 bits per heavy atom. The second-order valence-corrected chi connectivity index (χ2v) is 9.48. The van der Waals surface area contributed by atoms with Crippen molar-refractivity contribution in [3.63, 3.8) is 0 Å². The zero-order chi connectivity index (χ0) is 24.6. The average Bonchev–Trinajstić information content (AvgIpc) is 2.79. The number of anilines is 1. The predicted molar refractivity (Wildman–Crippen MR) is 125 cm³/mol. The molecule has 0 bridgehead atoms. The zero-order valence-electron chi connectivity index (χ0n) is 19.2. The molecule has 2 amide bonds. The molecule has 2 aromatic carbocycles. The van der Waals surface area contributed by atoms with Gasteiger partial charge in [-0.2, -0.15) is 0 Å². The van der Waals surface area contributed by atoms with Crippen molar-refractivity contribution in [2.24, 2.45) is 0 Å². The molecule has 0 unspecified atom stereocenters. The number of methoxy groups -OCH3 is 1. The van der Waals surface area contributed by atoms with Crippen LogP contribution in [0.3, 0.4) is 0 Å². The number of ether oxygens (including phenoxy) is 1. The summed E-state index contributed by atoms with van der Waals surface area (Å²) in [5.41, 5.74) is 1.14. The summed E-state index contributed by atoms with van der Waals surface area (Å²) in [6, 6.07) is 11.5. The van der Waals surface area contributed by atoms with Crippen LogP contribution in [0, 0.1) is 5.82 Å². The second-order valence-electron chi connectivity index (χ2n) is 7.58. The molecule has 33 heavy (non-hydrogen) atoms. The van der Waals surface area contributed by atoms with Crippen molar-refractivity contribution in [3.05, 3.63) is 59.9 Å². The van der Waals surface area contributed by atoms with Crippen LogP contribution in [0.1, 0.15) is 25.3 Å². The minimum atomic E-state index is -3.57. The molecular formula is C23H30FN3O5S. The van der Waals surface area contributed by atoms with Gasteiger partial charge in [-0.15, -0.1) is 0 Å². The van der Waals surface area contributed by atoms with Crippen molar-refractivity contribution >= 4 is 27.5 Å². The third kappa shape index (κ3) is 7.45. The molecule has 0 spiro atoms. The molecular weight excluding hydrogens is 449 g/mol. The van der Waals surface area contributed by atoms with Crippen molar-refractivity contribution in [2.75, 3.05) is 31.3 Å². The number of amides is 2. The molecule has 2 rings (SSSR count). The molecule has 1 atom stereocenters. The van der Waals surface area contributed by atoms with Crippen LogP contribution in [0.25, 0.3) is 0 Å². The van der Waals surface area contributed by atoms with Gasteiger partial charge in [0.2, 0.25) is 21.8 Å². The van der Waals surface area contributed by atoms with Crippen LogP contribution in [0.2, 0.25) is 0 Å². The van der Waals surface area contributed by atoms with Crippen LogP contribution >= 0.6 is 0 Å².